The Hall–Kier alpha value is -2.57. The van der Waals surface area contributed by atoms with Gasteiger partial charge in [-0.1, -0.05) is 19.1 Å². The van der Waals surface area contributed by atoms with Crippen LogP contribution < -0.4 is 14.2 Å². The number of ether oxygens (including phenoxy) is 4. The van der Waals surface area contributed by atoms with Gasteiger partial charge in [0.25, 0.3) is 0 Å². The zero-order valence-electron chi connectivity index (χ0n) is 20.2. The largest absolute Gasteiger partial charge is 0.492 e. The van der Waals surface area contributed by atoms with Crippen LogP contribution in [0.5, 0.6) is 17.2 Å². The number of benzene rings is 2. The Morgan fingerprint density at radius 3 is 2.65 bits per heavy atom. The van der Waals surface area contributed by atoms with Crippen molar-refractivity contribution in [2.24, 2.45) is 5.92 Å². The molecule has 2 saturated heterocycles. The van der Waals surface area contributed by atoms with Gasteiger partial charge in [0.2, 0.25) is 0 Å². The van der Waals surface area contributed by atoms with E-state index in [1.54, 1.807) is 6.07 Å². The number of fused-ring (bicyclic) bond motifs is 1. The maximum absolute atomic E-state index is 12.9. The molecule has 2 aromatic carbocycles. The van der Waals surface area contributed by atoms with Gasteiger partial charge in [-0.15, -0.1) is 0 Å². The summed E-state index contributed by atoms with van der Waals surface area (Å²) in [5.74, 6) is 2.94. The molecule has 6 nitrogen and oxygen atoms in total. The molecular weight excluding hydrogens is 430 g/mol. The lowest BCUT2D eigenvalue weighted by atomic mass is 9.96. The fourth-order valence-electron chi connectivity index (χ4n) is 4.99. The van der Waals surface area contributed by atoms with Gasteiger partial charge in [-0.2, -0.15) is 0 Å². The summed E-state index contributed by atoms with van der Waals surface area (Å²) in [6, 6.07) is 13.8. The maximum Gasteiger partial charge on any atom is 0.199 e. The molecule has 3 aliphatic heterocycles. The Kier molecular flexibility index (Phi) is 7.07. The molecule has 0 radical (unpaired) electrons. The van der Waals surface area contributed by atoms with Crippen molar-refractivity contribution in [1.82, 2.24) is 4.90 Å². The van der Waals surface area contributed by atoms with E-state index in [-0.39, 0.29) is 18.2 Å². The summed E-state index contributed by atoms with van der Waals surface area (Å²) in [7, 11) is 0. The minimum Gasteiger partial charge on any atom is -0.492 e. The Morgan fingerprint density at radius 2 is 1.91 bits per heavy atom. The molecule has 182 valence electrons. The number of carbonyl (C=O) groups excluding carboxylic acids is 1. The van der Waals surface area contributed by atoms with Gasteiger partial charge in [0.15, 0.2) is 12.1 Å². The number of hydrogen-bond donors (Lipinski definition) is 0. The Balaban J connectivity index is 1.18. The van der Waals surface area contributed by atoms with Crippen molar-refractivity contribution in [3.63, 3.8) is 0 Å². The molecular formula is C28H35NO5. The van der Waals surface area contributed by atoms with Crippen molar-refractivity contribution in [3.8, 4) is 17.2 Å². The van der Waals surface area contributed by atoms with Crippen LogP contribution in [0.15, 0.2) is 42.5 Å². The van der Waals surface area contributed by atoms with E-state index >= 15 is 0 Å². The van der Waals surface area contributed by atoms with Crippen molar-refractivity contribution >= 4 is 5.78 Å². The average molecular weight is 466 g/mol. The number of Topliss-reactive ketones (excluding diaryl/α,β-unsaturated/α-hetero) is 1. The van der Waals surface area contributed by atoms with Crippen molar-refractivity contribution in [2.75, 3.05) is 26.3 Å². The van der Waals surface area contributed by atoms with E-state index in [2.05, 4.69) is 18.7 Å². The zero-order chi connectivity index (χ0) is 23.5. The third-order valence-corrected chi connectivity index (χ3v) is 7.12. The Bertz CT molecular complexity index is 985. The molecule has 0 aromatic heterocycles. The highest BCUT2D eigenvalue weighted by Crippen LogP contribution is 2.37. The second-order valence-corrected chi connectivity index (χ2v) is 9.92. The van der Waals surface area contributed by atoms with Crippen LogP contribution in [0.1, 0.15) is 68.0 Å². The molecule has 3 aliphatic rings. The van der Waals surface area contributed by atoms with Crippen LogP contribution in [0.2, 0.25) is 0 Å². The number of carbonyl (C=O) groups is 1. The minimum atomic E-state index is -0.299. The molecule has 0 amide bonds. The van der Waals surface area contributed by atoms with Gasteiger partial charge in [0, 0.05) is 19.0 Å². The maximum atomic E-state index is 12.9. The summed E-state index contributed by atoms with van der Waals surface area (Å²) in [5.41, 5.74) is 1.55. The van der Waals surface area contributed by atoms with Crippen LogP contribution in [-0.4, -0.2) is 49.3 Å². The van der Waals surface area contributed by atoms with E-state index in [4.69, 9.17) is 18.9 Å². The van der Waals surface area contributed by atoms with Crippen molar-refractivity contribution < 1.29 is 23.7 Å². The van der Waals surface area contributed by atoms with E-state index in [1.165, 1.54) is 6.42 Å². The van der Waals surface area contributed by atoms with E-state index < -0.39 is 0 Å². The standard InChI is InChI=1S/C28H35NO5/c1-19-12-13-29(17-19)20(2)18-32-22-8-6-21(7-9-22)27-16-25(30)24-15-23(10-11-26(24)34-27)33-28-5-3-4-14-31-28/h6-11,15,19-20,27-28H,3-5,12-14,16-18H2,1-2H3/t19-,20+,27?,28?/m1/s1. The van der Waals surface area contributed by atoms with E-state index in [1.807, 2.05) is 36.4 Å². The molecule has 0 aliphatic carbocycles. The predicted octanol–water partition coefficient (Wildman–Crippen LogP) is 5.41. The average Bonchev–Trinajstić information content (AvgIpc) is 3.30. The normalized spacial score (nSPS) is 25.9. The molecule has 6 heteroatoms. The van der Waals surface area contributed by atoms with Crippen molar-refractivity contribution in [2.45, 2.75) is 64.4 Å². The molecule has 0 spiro atoms. The van der Waals surface area contributed by atoms with Crippen molar-refractivity contribution in [1.29, 1.82) is 0 Å². The van der Waals surface area contributed by atoms with E-state index in [0.29, 0.717) is 36.1 Å². The summed E-state index contributed by atoms with van der Waals surface area (Å²) >= 11 is 0. The molecule has 34 heavy (non-hydrogen) atoms. The van der Waals surface area contributed by atoms with Crippen LogP contribution in [-0.2, 0) is 4.74 Å². The molecule has 0 saturated carbocycles. The number of hydrogen-bond acceptors (Lipinski definition) is 6. The van der Waals surface area contributed by atoms with Crippen LogP contribution >= 0.6 is 0 Å². The van der Waals surface area contributed by atoms with Gasteiger partial charge in [0.05, 0.1) is 18.6 Å². The highest BCUT2D eigenvalue weighted by molar-refractivity contribution is 6.00. The van der Waals surface area contributed by atoms with Crippen LogP contribution in [0.3, 0.4) is 0 Å². The summed E-state index contributed by atoms with van der Waals surface area (Å²) in [6.07, 6.45) is 4.09. The van der Waals surface area contributed by atoms with Crippen LogP contribution in [0.4, 0.5) is 0 Å². The minimum absolute atomic E-state index is 0.0651. The first-order chi connectivity index (χ1) is 16.5. The quantitative estimate of drug-likeness (QED) is 0.545. The monoisotopic (exact) mass is 465 g/mol. The fourth-order valence-corrected chi connectivity index (χ4v) is 4.99. The zero-order valence-corrected chi connectivity index (χ0v) is 20.2. The Morgan fingerprint density at radius 1 is 1.09 bits per heavy atom. The fraction of sp³-hybridized carbons (Fsp3) is 0.536. The second-order valence-electron chi connectivity index (χ2n) is 9.92. The van der Waals surface area contributed by atoms with Gasteiger partial charge < -0.3 is 18.9 Å². The van der Waals surface area contributed by atoms with E-state index in [0.717, 1.165) is 56.2 Å². The summed E-state index contributed by atoms with van der Waals surface area (Å²) in [4.78, 5) is 15.4. The van der Waals surface area contributed by atoms with E-state index in [9.17, 15) is 4.79 Å². The van der Waals surface area contributed by atoms with Gasteiger partial charge >= 0.3 is 0 Å². The summed E-state index contributed by atoms with van der Waals surface area (Å²) in [6.45, 7) is 8.24. The summed E-state index contributed by atoms with van der Waals surface area (Å²) < 4.78 is 23.8. The lowest BCUT2D eigenvalue weighted by molar-refractivity contribution is -0.105. The molecule has 2 fully saturated rings. The lowest BCUT2D eigenvalue weighted by Crippen LogP contribution is -2.35. The Labute approximate surface area is 202 Å². The number of nitrogens with zero attached hydrogens (tertiary/aromatic N) is 1. The third kappa shape index (κ3) is 5.39. The first-order valence-corrected chi connectivity index (χ1v) is 12.6. The molecule has 0 N–H and O–H groups in total. The predicted molar refractivity (Wildman–Crippen MR) is 130 cm³/mol. The second kappa shape index (κ2) is 10.4. The number of ketones is 1. The van der Waals surface area contributed by atoms with Gasteiger partial charge in [0.1, 0.15) is 30.0 Å². The molecule has 2 unspecified atom stereocenters. The number of rotatable bonds is 7. The molecule has 2 aromatic rings. The molecule has 5 rings (SSSR count). The SMILES string of the molecule is C[C@@H]1CCN([C@@H](C)COc2ccc(C3CC(=O)c4cc(OC5CCCCO5)ccc4O3)cc2)C1. The first kappa shape index (κ1) is 23.2. The molecule has 3 heterocycles. The lowest BCUT2D eigenvalue weighted by Gasteiger charge is -2.27. The highest BCUT2D eigenvalue weighted by Gasteiger charge is 2.29. The molecule has 0 bridgehead atoms. The topological polar surface area (TPSA) is 57.2 Å². The smallest absolute Gasteiger partial charge is 0.199 e. The number of likely N-dealkylation sites (tertiary alicyclic amines) is 1. The molecule has 4 atom stereocenters. The third-order valence-electron chi connectivity index (χ3n) is 7.12. The van der Waals surface area contributed by atoms with Crippen LogP contribution in [0.25, 0.3) is 0 Å². The highest BCUT2D eigenvalue weighted by atomic mass is 16.7. The van der Waals surface area contributed by atoms with Crippen LogP contribution in [0, 0.1) is 5.92 Å². The van der Waals surface area contributed by atoms with Gasteiger partial charge in [-0.3, -0.25) is 9.69 Å². The first-order valence-electron chi connectivity index (χ1n) is 12.6. The van der Waals surface area contributed by atoms with Gasteiger partial charge in [-0.25, -0.2) is 0 Å². The van der Waals surface area contributed by atoms with Crippen molar-refractivity contribution in [3.05, 3.63) is 53.6 Å². The van der Waals surface area contributed by atoms with Gasteiger partial charge in [-0.05, 0) is 74.5 Å². The summed E-state index contributed by atoms with van der Waals surface area (Å²) in [5, 5.41) is 0.